The molecule has 2 bridgehead atoms. The monoisotopic (exact) mass is 268 g/mol. The van der Waals surface area contributed by atoms with Crippen LogP contribution in [0.4, 0.5) is 0 Å². The zero-order valence-corrected chi connectivity index (χ0v) is 12.9. The highest BCUT2D eigenvalue weighted by molar-refractivity contribution is 5.75. The summed E-state index contributed by atoms with van der Waals surface area (Å²) in [6.07, 6.45) is 4.90. The first-order valence-corrected chi connectivity index (χ1v) is 7.77. The number of hydrogen-bond donors (Lipinski definition) is 2. The summed E-state index contributed by atoms with van der Waals surface area (Å²) >= 11 is 0. The van der Waals surface area contributed by atoms with E-state index in [-0.39, 0.29) is 5.91 Å². The maximum absolute atomic E-state index is 11.5. The molecule has 2 unspecified atom stereocenters. The van der Waals surface area contributed by atoms with E-state index in [1.165, 1.54) is 25.7 Å². The molecule has 2 heterocycles. The molecule has 0 spiro atoms. The van der Waals surface area contributed by atoms with Gasteiger partial charge in [-0.1, -0.05) is 13.8 Å². The summed E-state index contributed by atoms with van der Waals surface area (Å²) in [5.74, 6) is -0.138. The minimum atomic E-state index is -0.138. The van der Waals surface area contributed by atoms with Crippen molar-refractivity contribution in [2.75, 3.05) is 6.54 Å². The SMILES string of the molecule is CC(C)NC1C[C@H]2CC[C@@H](C1)[N+]2(CC(N)=O)C(C)C. The molecule has 110 valence electrons. The van der Waals surface area contributed by atoms with Gasteiger partial charge in [-0.2, -0.15) is 0 Å². The molecule has 4 nitrogen and oxygen atoms in total. The molecule has 2 rings (SSSR count). The molecule has 2 fully saturated rings. The lowest BCUT2D eigenvalue weighted by atomic mass is 9.91. The van der Waals surface area contributed by atoms with E-state index in [2.05, 4.69) is 33.0 Å². The number of rotatable bonds is 5. The van der Waals surface area contributed by atoms with Gasteiger partial charge in [0.1, 0.15) is 0 Å². The Bertz CT molecular complexity index is 326. The van der Waals surface area contributed by atoms with Crippen LogP contribution in [0.2, 0.25) is 0 Å². The van der Waals surface area contributed by atoms with Gasteiger partial charge in [-0.3, -0.25) is 4.79 Å². The lowest BCUT2D eigenvalue weighted by Crippen LogP contribution is -2.68. The fourth-order valence-electron chi connectivity index (χ4n) is 4.71. The highest BCUT2D eigenvalue weighted by Gasteiger charge is 2.56. The smallest absolute Gasteiger partial charge is 0.272 e. The number of carbonyl (C=O) groups excluding carboxylic acids is 1. The number of hydrogen-bond acceptors (Lipinski definition) is 2. The van der Waals surface area contributed by atoms with Gasteiger partial charge in [0.15, 0.2) is 6.54 Å². The zero-order valence-electron chi connectivity index (χ0n) is 12.9. The molecular formula is C15H30N3O+. The van der Waals surface area contributed by atoms with Crippen LogP contribution in [0.3, 0.4) is 0 Å². The number of nitrogens with two attached hydrogens (primary N) is 1. The van der Waals surface area contributed by atoms with E-state index in [9.17, 15) is 4.79 Å². The molecule has 0 aromatic rings. The van der Waals surface area contributed by atoms with Gasteiger partial charge in [0.05, 0.1) is 18.1 Å². The van der Waals surface area contributed by atoms with Crippen molar-refractivity contribution in [3.63, 3.8) is 0 Å². The third-order valence-electron chi connectivity index (χ3n) is 5.27. The predicted octanol–water partition coefficient (Wildman–Crippen LogP) is 1.39. The number of piperidine rings is 1. The number of quaternary nitrogens is 1. The Morgan fingerprint density at radius 2 is 1.74 bits per heavy atom. The Kier molecular flexibility index (Phi) is 4.21. The van der Waals surface area contributed by atoms with Gasteiger partial charge in [0.25, 0.3) is 5.91 Å². The Morgan fingerprint density at radius 1 is 1.21 bits per heavy atom. The number of primary amides is 1. The van der Waals surface area contributed by atoms with Crippen molar-refractivity contribution in [1.82, 2.24) is 5.32 Å². The minimum Gasteiger partial charge on any atom is -0.365 e. The Labute approximate surface area is 117 Å². The highest BCUT2D eigenvalue weighted by atomic mass is 16.1. The van der Waals surface area contributed by atoms with Crippen molar-refractivity contribution in [1.29, 1.82) is 0 Å². The van der Waals surface area contributed by atoms with Crippen molar-refractivity contribution in [3.05, 3.63) is 0 Å². The third kappa shape index (κ3) is 2.65. The molecule has 19 heavy (non-hydrogen) atoms. The molecule has 0 aliphatic carbocycles. The molecule has 1 amide bonds. The molecule has 2 aliphatic heterocycles. The Morgan fingerprint density at radius 3 is 2.11 bits per heavy atom. The van der Waals surface area contributed by atoms with E-state index in [0.29, 0.717) is 36.8 Å². The van der Waals surface area contributed by atoms with Gasteiger partial charge in [0.2, 0.25) is 0 Å². The summed E-state index contributed by atoms with van der Waals surface area (Å²) < 4.78 is 0.950. The first-order chi connectivity index (χ1) is 8.86. The summed E-state index contributed by atoms with van der Waals surface area (Å²) in [7, 11) is 0. The maximum Gasteiger partial charge on any atom is 0.272 e. The lowest BCUT2D eigenvalue weighted by molar-refractivity contribution is -0.977. The van der Waals surface area contributed by atoms with Gasteiger partial charge in [0, 0.05) is 37.8 Å². The van der Waals surface area contributed by atoms with Crippen molar-refractivity contribution in [3.8, 4) is 0 Å². The van der Waals surface area contributed by atoms with Gasteiger partial charge in [-0.25, -0.2) is 0 Å². The van der Waals surface area contributed by atoms with Crippen molar-refractivity contribution >= 4 is 5.91 Å². The first-order valence-electron chi connectivity index (χ1n) is 7.77. The van der Waals surface area contributed by atoms with Crippen LogP contribution in [0.5, 0.6) is 0 Å². The second-order valence-corrected chi connectivity index (χ2v) is 7.09. The van der Waals surface area contributed by atoms with Crippen molar-refractivity contribution in [2.45, 2.75) is 83.6 Å². The molecule has 2 saturated heterocycles. The molecule has 2 aliphatic rings. The summed E-state index contributed by atoms with van der Waals surface area (Å²) in [5.41, 5.74) is 5.54. The average Bonchev–Trinajstić information content (AvgIpc) is 2.47. The van der Waals surface area contributed by atoms with Gasteiger partial charge in [-0.05, 0) is 13.8 Å². The summed E-state index contributed by atoms with van der Waals surface area (Å²) in [6.45, 7) is 9.46. The number of fused-ring (bicyclic) bond motifs is 2. The Hall–Kier alpha value is -0.610. The fourth-order valence-corrected chi connectivity index (χ4v) is 4.71. The first kappa shape index (κ1) is 14.8. The lowest BCUT2D eigenvalue weighted by Gasteiger charge is -2.52. The Balaban J connectivity index is 2.17. The van der Waals surface area contributed by atoms with E-state index in [0.717, 1.165) is 4.48 Å². The maximum atomic E-state index is 11.5. The van der Waals surface area contributed by atoms with Gasteiger partial charge >= 0.3 is 0 Å². The third-order valence-corrected chi connectivity index (χ3v) is 5.27. The quantitative estimate of drug-likeness (QED) is 0.740. The van der Waals surface area contributed by atoms with Gasteiger partial charge in [-0.15, -0.1) is 0 Å². The molecule has 0 aromatic carbocycles. The number of carbonyl (C=O) groups is 1. The van der Waals surface area contributed by atoms with Crippen molar-refractivity contribution in [2.24, 2.45) is 5.73 Å². The predicted molar refractivity (Wildman–Crippen MR) is 77.6 cm³/mol. The zero-order chi connectivity index (χ0) is 14.2. The number of nitrogens with zero attached hydrogens (tertiary/aromatic N) is 1. The molecule has 0 radical (unpaired) electrons. The van der Waals surface area contributed by atoms with Crippen LogP contribution in [0, 0.1) is 0 Å². The van der Waals surface area contributed by atoms with E-state index in [1.807, 2.05) is 0 Å². The second kappa shape index (κ2) is 5.41. The van der Waals surface area contributed by atoms with E-state index >= 15 is 0 Å². The largest absolute Gasteiger partial charge is 0.365 e. The average molecular weight is 268 g/mol. The van der Waals surface area contributed by atoms with Gasteiger partial charge < -0.3 is 15.5 Å². The van der Waals surface area contributed by atoms with Crippen LogP contribution >= 0.6 is 0 Å². The molecule has 0 saturated carbocycles. The summed E-state index contributed by atoms with van der Waals surface area (Å²) in [6, 6.07) is 2.88. The van der Waals surface area contributed by atoms with Crippen LogP contribution in [0.1, 0.15) is 53.4 Å². The van der Waals surface area contributed by atoms with E-state index in [1.54, 1.807) is 0 Å². The van der Waals surface area contributed by atoms with Crippen molar-refractivity contribution < 1.29 is 9.28 Å². The van der Waals surface area contributed by atoms with E-state index < -0.39 is 0 Å². The molecule has 4 heteroatoms. The summed E-state index contributed by atoms with van der Waals surface area (Å²) in [5, 5.41) is 3.69. The van der Waals surface area contributed by atoms with Crippen LogP contribution in [0.25, 0.3) is 0 Å². The number of amides is 1. The van der Waals surface area contributed by atoms with E-state index in [4.69, 9.17) is 5.73 Å². The second-order valence-electron chi connectivity index (χ2n) is 7.09. The summed E-state index contributed by atoms with van der Waals surface area (Å²) in [4.78, 5) is 11.5. The van der Waals surface area contributed by atoms with Crippen LogP contribution in [-0.2, 0) is 4.79 Å². The highest BCUT2D eigenvalue weighted by Crippen LogP contribution is 2.44. The molecule has 4 atom stereocenters. The number of nitrogens with one attached hydrogen (secondary N) is 1. The fraction of sp³-hybridized carbons (Fsp3) is 0.933. The molecule has 3 N–H and O–H groups in total. The van der Waals surface area contributed by atoms with Crippen LogP contribution < -0.4 is 11.1 Å². The van der Waals surface area contributed by atoms with Crippen LogP contribution in [0.15, 0.2) is 0 Å². The topological polar surface area (TPSA) is 55.1 Å². The standard InChI is InChI=1S/C15H29N3O/c1-10(2)17-12-7-13-5-6-14(8-12)18(13,11(3)4)9-15(16)19/h10-14,17H,5-9H2,1-4H3,(H-,16,19)/p+1/t12?,13-,14+,18?. The molecular weight excluding hydrogens is 238 g/mol. The minimum absolute atomic E-state index is 0.138. The normalized spacial score (nSPS) is 38.1. The van der Waals surface area contributed by atoms with Crippen LogP contribution in [-0.4, -0.2) is 47.1 Å². The molecule has 0 aromatic heterocycles.